The zero-order valence-corrected chi connectivity index (χ0v) is 8.80. The summed E-state index contributed by atoms with van der Waals surface area (Å²) in [6.45, 7) is 4.15. The van der Waals surface area contributed by atoms with Crippen LogP contribution in [0, 0.1) is 5.92 Å². The molecular weight excluding hydrogens is 169 g/mol. The summed E-state index contributed by atoms with van der Waals surface area (Å²) in [6.07, 6.45) is 1.94. The van der Waals surface area contributed by atoms with Crippen LogP contribution >= 0.6 is 0 Å². The fourth-order valence-electron chi connectivity index (χ4n) is 0.826. The van der Waals surface area contributed by atoms with Gasteiger partial charge in [0.2, 0.25) is 0 Å². The van der Waals surface area contributed by atoms with Crippen molar-refractivity contribution in [1.82, 2.24) is 4.90 Å². The van der Waals surface area contributed by atoms with Crippen molar-refractivity contribution in [2.24, 2.45) is 5.92 Å². The van der Waals surface area contributed by atoms with E-state index in [2.05, 4.69) is 0 Å². The molecule has 13 heavy (non-hydrogen) atoms. The van der Waals surface area contributed by atoms with Gasteiger partial charge in [-0.15, -0.1) is 0 Å². The number of nitrogens with zero attached hydrogens (tertiary/aromatic N) is 1. The lowest BCUT2D eigenvalue weighted by molar-refractivity contribution is -0.119. The number of Topliss-reactive ketones (excluding diaryl/α,β-unsaturated/α-hetero) is 1. The lowest BCUT2D eigenvalue weighted by atomic mass is 10.1. The molecule has 0 aliphatic heterocycles. The van der Waals surface area contributed by atoms with E-state index >= 15 is 0 Å². The van der Waals surface area contributed by atoms with Gasteiger partial charge < -0.3 is 4.90 Å². The molecule has 0 aliphatic carbocycles. The summed E-state index contributed by atoms with van der Waals surface area (Å²) in [7, 11) is 3.83. The molecule has 0 rings (SSSR count). The molecule has 2 nitrogen and oxygen atoms in total. The lowest BCUT2D eigenvalue weighted by Gasteiger charge is -2.06. The Balaban J connectivity index is 3.95. The predicted octanol–water partition coefficient (Wildman–Crippen LogP) is 2.02. The van der Waals surface area contributed by atoms with Crippen molar-refractivity contribution in [1.29, 1.82) is 0 Å². The second kappa shape index (κ2) is 5.86. The number of hydrogen-bond donors (Lipinski definition) is 0. The summed E-state index contributed by atoms with van der Waals surface area (Å²) in [4.78, 5) is 13.0. The van der Waals surface area contributed by atoms with E-state index in [1.54, 1.807) is 13.8 Å². The van der Waals surface area contributed by atoms with Gasteiger partial charge in [0.1, 0.15) is 0 Å². The van der Waals surface area contributed by atoms with Crippen LogP contribution in [-0.2, 0) is 4.79 Å². The van der Waals surface area contributed by atoms with Gasteiger partial charge in [-0.1, -0.05) is 13.8 Å². The standard InChI is InChI=1S/C10H18FNO/c1-8(2)10(13)9(11)6-5-7-12(3)4/h6,8H,5,7H2,1-4H3/b9-6-. The van der Waals surface area contributed by atoms with Crippen molar-refractivity contribution in [3.05, 3.63) is 11.9 Å². The first-order valence-electron chi connectivity index (χ1n) is 4.49. The first-order valence-corrected chi connectivity index (χ1v) is 4.49. The van der Waals surface area contributed by atoms with Gasteiger partial charge in [-0.2, -0.15) is 0 Å². The highest BCUT2D eigenvalue weighted by atomic mass is 19.1. The molecule has 3 heteroatoms. The third-order valence-corrected chi connectivity index (χ3v) is 1.66. The fourth-order valence-corrected chi connectivity index (χ4v) is 0.826. The Hall–Kier alpha value is -0.700. The Kier molecular flexibility index (Phi) is 5.55. The lowest BCUT2D eigenvalue weighted by Crippen LogP contribution is -2.13. The van der Waals surface area contributed by atoms with Crippen molar-refractivity contribution in [2.75, 3.05) is 20.6 Å². The van der Waals surface area contributed by atoms with E-state index in [-0.39, 0.29) is 5.92 Å². The molecule has 0 aliphatic rings. The van der Waals surface area contributed by atoms with Crippen LogP contribution in [0.4, 0.5) is 4.39 Å². The molecule has 0 spiro atoms. The van der Waals surface area contributed by atoms with Crippen molar-refractivity contribution in [2.45, 2.75) is 20.3 Å². The molecule has 0 amide bonds. The smallest absolute Gasteiger partial charge is 0.193 e. The van der Waals surface area contributed by atoms with Gasteiger partial charge >= 0.3 is 0 Å². The predicted molar refractivity (Wildman–Crippen MR) is 52.2 cm³/mol. The van der Waals surface area contributed by atoms with Gasteiger partial charge in [-0.05, 0) is 26.6 Å². The summed E-state index contributed by atoms with van der Waals surface area (Å²) in [5, 5.41) is 0. The Morgan fingerprint density at radius 1 is 1.46 bits per heavy atom. The maximum absolute atomic E-state index is 13.0. The van der Waals surface area contributed by atoms with Crippen LogP contribution < -0.4 is 0 Å². The van der Waals surface area contributed by atoms with Crippen molar-refractivity contribution < 1.29 is 9.18 Å². The molecule has 0 saturated heterocycles. The highest BCUT2D eigenvalue weighted by molar-refractivity contribution is 5.94. The van der Waals surface area contributed by atoms with Crippen LogP contribution in [0.5, 0.6) is 0 Å². The molecule has 0 aromatic carbocycles. The third kappa shape index (κ3) is 5.53. The third-order valence-electron chi connectivity index (χ3n) is 1.66. The van der Waals surface area contributed by atoms with Crippen LogP contribution in [-0.4, -0.2) is 31.3 Å². The fraction of sp³-hybridized carbons (Fsp3) is 0.700. The minimum atomic E-state index is -0.600. The number of rotatable bonds is 5. The summed E-state index contributed by atoms with van der Waals surface area (Å²) < 4.78 is 13.0. The van der Waals surface area contributed by atoms with E-state index in [1.165, 1.54) is 6.08 Å². The van der Waals surface area contributed by atoms with E-state index in [0.29, 0.717) is 6.42 Å². The van der Waals surface area contributed by atoms with Gasteiger partial charge in [0.25, 0.3) is 0 Å². The Labute approximate surface area is 79.4 Å². The van der Waals surface area contributed by atoms with Crippen molar-refractivity contribution >= 4 is 5.78 Å². The number of halogens is 1. The molecule has 0 aromatic rings. The highest BCUT2D eigenvalue weighted by Crippen LogP contribution is 2.07. The molecule has 0 atom stereocenters. The second-order valence-corrected chi connectivity index (χ2v) is 3.66. The molecule has 0 heterocycles. The number of ketones is 1. The van der Waals surface area contributed by atoms with Gasteiger partial charge in [0, 0.05) is 12.5 Å². The van der Waals surface area contributed by atoms with Crippen LogP contribution in [0.2, 0.25) is 0 Å². The van der Waals surface area contributed by atoms with Gasteiger partial charge in [-0.25, -0.2) is 4.39 Å². The van der Waals surface area contributed by atoms with E-state index in [1.807, 2.05) is 19.0 Å². The maximum atomic E-state index is 13.0. The van der Waals surface area contributed by atoms with Crippen LogP contribution in [0.25, 0.3) is 0 Å². The highest BCUT2D eigenvalue weighted by Gasteiger charge is 2.12. The minimum Gasteiger partial charge on any atom is -0.309 e. The van der Waals surface area contributed by atoms with Crippen molar-refractivity contribution in [3.8, 4) is 0 Å². The molecule has 0 unspecified atom stereocenters. The molecular formula is C10H18FNO. The van der Waals surface area contributed by atoms with Crippen LogP contribution in [0.15, 0.2) is 11.9 Å². The first kappa shape index (κ1) is 12.3. The largest absolute Gasteiger partial charge is 0.309 e. The molecule has 0 radical (unpaired) electrons. The average molecular weight is 187 g/mol. The van der Waals surface area contributed by atoms with Gasteiger partial charge in [-0.3, -0.25) is 4.79 Å². The molecule has 76 valence electrons. The van der Waals surface area contributed by atoms with E-state index in [9.17, 15) is 9.18 Å². The molecule has 0 bridgehead atoms. The van der Waals surface area contributed by atoms with Crippen LogP contribution in [0.1, 0.15) is 20.3 Å². The SMILES string of the molecule is CC(C)C(=O)/C(F)=C/CCN(C)C. The van der Waals surface area contributed by atoms with E-state index in [0.717, 1.165) is 6.54 Å². The van der Waals surface area contributed by atoms with Gasteiger partial charge in [0.15, 0.2) is 11.6 Å². The summed E-state index contributed by atoms with van der Waals surface area (Å²) in [6, 6.07) is 0. The average Bonchev–Trinajstić information content (AvgIpc) is 2.02. The zero-order chi connectivity index (χ0) is 10.4. The quantitative estimate of drug-likeness (QED) is 0.614. The summed E-state index contributed by atoms with van der Waals surface area (Å²) in [5.74, 6) is -1.26. The van der Waals surface area contributed by atoms with E-state index < -0.39 is 11.6 Å². The zero-order valence-electron chi connectivity index (χ0n) is 8.80. The number of carbonyl (C=O) groups is 1. The summed E-state index contributed by atoms with van der Waals surface area (Å²) in [5.41, 5.74) is 0. The number of hydrogen-bond acceptors (Lipinski definition) is 2. The topological polar surface area (TPSA) is 20.3 Å². The summed E-state index contributed by atoms with van der Waals surface area (Å²) >= 11 is 0. The Morgan fingerprint density at radius 2 is 2.00 bits per heavy atom. The van der Waals surface area contributed by atoms with Crippen molar-refractivity contribution in [3.63, 3.8) is 0 Å². The second-order valence-electron chi connectivity index (χ2n) is 3.66. The molecule has 0 aromatic heterocycles. The van der Waals surface area contributed by atoms with Gasteiger partial charge in [0.05, 0.1) is 0 Å². The normalized spacial score (nSPS) is 12.7. The Morgan fingerprint density at radius 3 is 2.38 bits per heavy atom. The minimum absolute atomic E-state index is 0.254. The van der Waals surface area contributed by atoms with Crippen LogP contribution in [0.3, 0.4) is 0 Å². The molecule has 0 saturated carbocycles. The van der Waals surface area contributed by atoms with E-state index in [4.69, 9.17) is 0 Å². The first-order chi connectivity index (χ1) is 5.95. The molecule has 0 N–H and O–H groups in total. The number of allylic oxidation sites excluding steroid dienone is 1. The number of carbonyl (C=O) groups excluding carboxylic acids is 1. The Bertz CT molecular complexity index is 197. The molecule has 0 fully saturated rings. The monoisotopic (exact) mass is 187 g/mol. The maximum Gasteiger partial charge on any atom is 0.193 e.